The molecule has 0 unspecified atom stereocenters. The third kappa shape index (κ3) is 4.09. The van der Waals surface area contributed by atoms with Crippen molar-refractivity contribution in [2.24, 2.45) is 0 Å². The van der Waals surface area contributed by atoms with Gasteiger partial charge in [-0.25, -0.2) is 13.8 Å². The van der Waals surface area contributed by atoms with Crippen molar-refractivity contribution in [3.8, 4) is 28.1 Å². The summed E-state index contributed by atoms with van der Waals surface area (Å²) in [4.78, 5) is 10.8. The van der Waals surface area contributed by atoms with E-state index in [0.717, 1.165) is 47.7 Å². The minimum Gasteiger partial charge on any atom is -0.493 e. The summed E-state index contributed by atoms with van der Waals surface area (Å²) in [5.41, 5.74) is 4.03. The third-order valence-electron chi connectivity index (χ3n) is 6.83. The van der Waals surface area contributed by atoms with E-state index in [0.29, 0.717) is 29.8 Å². The number of pyridine rings is 2. The summed E-state index contributed by atoms with van der Waals surface area (Å²) in [6.45, 7) is 2.89. The van der Waals surface area contributed by atoms with Gasteiger partial charge in [0.15, 0.2) is 0 Å². The summed E-state index contributed by atoms with van der Waals surface area (Å²) in [5.74, 6) is -1.34. The molecule has 0 saturated carbocycles. The zero-order chi connectivity index (χ0) is 23.9. The van der Waals surface area contributed by atoms with Crippen molar-refractivity contribution in [1.82, 2.24) is 15.3 Å². The molecule has 178 valence electrons. The summed E-state index contributed by atoms with van der Waals surface area (Å²) in [5, 5.41) is 14.7. The molecular weight excluding hydrogens is 450 g/mol. The van der Waals surface area contributed by atoms with Crippen LogP contribution in [0.3, 0.4) is 0 Å². The van der Waals surface area contributed by atoms with E-state index >= 15 is 0 Å². The second kappa shape index (κ2) is 8.87. The topological polar surface area (TPSA) is 70.5 Å². The Morgan fingerprint density at radius 2 is 1.86 bits per heavy atom. The number of hydrogen-bond donors (Lipinski definition) is 2. The van der Waals surface area contributed by atoms with E-state index in [1.54, 1.807) is 18.3 Å². The SMILES string of the molecule is Oc1ncccc1-c1ccc2ncc(-c3cc(F)cc(F)c3)c(N3CC[C@H]4NCCO[C@@H]4C3)c2c1. The number of rotatable bonds is 3. The molecule has 2 aromatic carbocycles. The monoisotopic (exact) mass is 474 g/mol. The van der Waals surface area contributed by atoms with Gasteiger partial charge in [0, 0.05) is 60.6 Å². The lowest BCUT2D eigenvalue weighted by atomic mass is 9.95. The zero-order valence-corrected chi connectivity index (χ0v) is 18.9. The summed E-state index contributed by atoms with van der Waals surface area (Å²) in [7, 11) is 0. The Hall–Kier alpha value is -3.62. The number of fused-ring (bicyclic) bond motifs is 2. The van der Waals surface area contributed by atoms with Crippen LogP contribution in [0.25, 0.3) is 33.2 Å². The molecule has 0 aliphatic carbocycles. The van der Waals surface area contributed by atoms with Crippen LogP contribution in [0, 0.1) is 11.6 Å². The summed E-state index contributed by atoms with van der Waals surface area (Å²) < 4.78 is 34.5. The number of piperidine rings is 1. The Morgan fingerprint density at radius 3 is 2.69 bits per heavy atom. The van der Waals surface area contributed by atoms with Crippen LogP contribution in [0.2, 0.25) is 0 Å². The van der Waals surface area contributed by atoms with Gasteiger partial charge >= 0.3 is 0 Å². The number of aromatic hydroxyl groups is 1. The van der Waals surface area contributed by atoms with Crippen LogP contribution in [0.15, 0.2) is 60.9 Å². The minimum atomic E-state index is -0.640. The second-order valence-corrected chi connectivity index (χ2v) is 8.99. The number of nitrogens with zero attached hydrogens (tertiary/aromatic N) is 3. The van der Waals surface area contributed by atoms with E-state index in [1.807, 2.05) is 18.2 Å². The molecule has 0 spiro atoms. The number of morpholine rings is 1. The maximum Gasteiger partial charge on any atom is 0.218 e. The van der Waals surface area contributed by atoms with Crippen LogP contribution >= 0.6 is 0 Å². The minimum absolute atomic E-state index is 0.0170. The molecule has 4 aromatic rings. The van der Waals surface area contributed by atoms with Gasteiger partial charge < -0.3 is 20.1 Å². The first kappa shape index (κ1) is 21.9. The van der Waals surface area contributed by atoms with E-state index < -0.39 is 11.6 Å². The van der Waals surface area contributed by atoms with Crippen molar-refractivity contribution in [3.63, 3.8) is 0 Å². The van der Waals surface area contributed by atoms with Crippen molar-refractivity contribution in [3.05, 3.63) is 72.6 Å². The number of anilines is 1. The van der Waals surface area contributed by atoms with Crippen molar-refractivity contribution >= 4 is 16.6 Å². The Labute approximate surface area is 201 Å². The highest BCUT2D eigenvalue weighted by Gasteiger charge is 2.33. The summed E-state index contributed by atoms with van der Waals surface area (Å²) in [6, 6.07) is 13.1. The van der Waals surface area contributed by atoms with E-state index in [-0.39, 0.29) is 18.0 Å². The molecular formula is C27H24F2N4O2. The van der Waals surface area contributed by atoms with Crippen molar-refractivity contribution in [2.75, 3.05) is 31.1 Å². The van der Waals surface area contributed by atoms with Gasteiger partial charge in [0.1, 0.15) is 11.6 Å². The molecule has 2 aliphatic heterocycles. The molecule has 2 aromatic heterocycles. The number of ether oxygens (including phenoxy) is 1. The van der Waals surface area contributed by atoms with E-state index in [2.05, 4.69) is 20.2 Å². The standard InChI is InChI=1S/C27H24F2N4O2/c28-18-10-17(11-19(29)13-18)22-14-32-23-4-3-16(20-2-1-6-31-27(20)34)12-21(23)26(22)33-8-5-24-25(15-33)35-9-7-30-24/h1-4,6,10-14,24-25,30H,5,7-9,15H2,(H,31,34)/t24-,25-/m1/s1. The largest absolute Gasteiger partial charge is 0.493 e. The lowest BCUT2D eigenvalue weighted by Gasteiger charge is -2.43. The Kier molecular flexibility index (Phi) is 5.54. The Balaban J connectivity index is 1.55. The molecule has 2 N–H and O–H groups in total. The normalized spacial score (nSPS) is 20.1. The Bertz CT molecular complexity index is 1390. The second-order valence-electron chi connectivity index (χ2n) is 8.99. The molecule has 6 nitrogen and oxygen atoms in total. The first-order valence-corrected chi connectivity index (χ1v) is 11.7. The molecule has 35 heavy (non-hydrogen) atoms. The van der Waals surface area contributed by atoms with E-state index in [9.17, 15) is 13.9 Å². The lowest BCUT2D eigenvalue weighted by molar-refractivity contribution is -0.00896. The van der Waals surface area contributed by atoms with Crippen LogP contribution in [-0.2, 0) is 4.74 Å². The first-order valence-electron chi connectivity index (χ1n) is 11.7. The Morgan fingerprint density at radius 1 is 1.00 bits per heavy atom. The van der Waals surface area contributed by atoms with Crippen LogP contribution in [0.5, 0.6) is 5.88 Å². The number of hydrogen-bond acceptors (Lipinski definition) is 6. The van der Waals surface area contributed by atoms with Gasteiger partial charge in [0.2, 0.25) is 5.88 Å². The molecule has 2 atom stereocenters. The average Bonchev–Trinajstić information content (AvgIpc) is 2.87. The highest BCUT2D eigenvalue weighted by Crippen LogP contribution is 2.40. The average molecular weight is 475 g/mol. The van der Waals surface area contributed by atoms with Gasteiger partial charge in [-0.2, -0.15) is 0 Å². The molecule has 8 heteroatoms. The van der Waals surface area contributed by atoms with Gasteiger partial charge in [-0.3, -0.25) is 4.98 Å². The predicted molar refractivity (Wildman–Crippen MR) is 130 cm³/mol. The third-order valence-corrected chi connectivity index (χ3v) is 6.83. The summed E-state index contributed by atoms with van der Waals surface area (Å²) in [6.07, 6.45) is 4.11. The quantitative estimate of drug-likeness (QED) is 0.455. The van der Waals surface area contributed by atoms with Crippen molar-refractivity contribution in [2.45, 2.75) is 18.6 Å². The number of benzene rings is 2. The maximum absolute atomic E-state index is 14.2. The van der Waals surface area contributed by atoms with Gasteiger partial charge in [-0.05, 0) is 53.9 Å². The van der Waals surface area contributed by atoms with Gasteiger partial charge in [-0.15, -0.1) is 0 Å². The fraction of sp³-hybridized carbons (Fsp3) is 0.259. The zero-order valence-electron chi connectivity index (χ0n) is 18.9. The molecule has 6 rings (SSSR count). The molecule has 0 radical (unpaired) electrons. The highest BCUT2D eigenvalue weighted by atomic mass is 19.1. The number of aromatic nitrogens is 2. The summed E-state index contributed by atoms with van der Waals surface area (Å²) >= 11 is 0. The fourth-order valence-electron chi connectivity index (χ4n) is 5.21. The number of nitrogens with one attached hydrogen (secondary N) is 1. The maximum atomic E-state index is 14.2. The van der Waals surface area contributed by atoms with E-state index in [4.69, 9.17) is 4.74 Å². The van der Waals surface area contributed by atoms with E-state index in [1.165, 1.54) is 18.3 Å². The predicted octanol–water partition coefficient (Wildman–Crippen LogP) is 4.51. The van der Waals surface area contributed by atoms with Gasteiger partial charge in [0.05, 0.1) is 23.9 Å². The fourth-order valence-corrected chi connectivity index (χ4v) is 5.21. The first-order chi connectivity index (χ1) is 17.1. The van der Waals surface area contributed by atoms with Crippen molar-refractivity contribution in [1.29, 1.82) is 0 Å². The smallest absolute Gasteiger partial charge is 0.218 e. The molecule has 0 amide bonds. The van der Waals surface area contributed by atoms with Crippen LogP contribution in [-0.4, -0.2) is 53.5 Å². The molecule has 4 heterocycles. The van der Waals surface area contributed by atoms with Gasteiger partial charge in [-0.1, -0.05) is 6.07 Å². The lowest BCUT2D eigenvalue weighted by Crippen LogP contribution is -2.57. The molecule has 0 bridgehead atoms. The molecule has 2 fully saturated rings. The van der Waals surface area contributed by atoms with Crippen LogP contribution in [0.4, 0.5) is 14.5 Å². The van der Waals surface area contributed by atoms with Crippen LogP contribution < -0.4 is 10.2 Å². The molecule has 2 aliphatic rings. The highest BCUT2D eigenvalue weighted by molar-refractivity contribution is 6.02. The van der Waals surface area contributed by atoms with Crippen LogP contribution in [0.1, 0.15) is 6.42 Å². The molecule has 2 saturated heterocycles. The van der Waals surface area contributed by atoms with Gasteiger partial charge in [0.25, 0.3) is 0 Å². The van der Waals surface area contributed by atoms with Crippen molar-refractivity contribution < 1.29 is 18.6 Å². The number of halogens is 2.